The third-order valence-corrected chi connectivity index (χ3v) is 3.38. The van der Waals surface area contributed by atoms with Crippen LogP contribution in [0.1, 0.15) is 32.8 Å². The number of hydrogen-bond donors (Lipinski definition) is 0. The molecule has 0 N–H and O–H groups in total. The Morgan fingerprint density at radius 3 is 2.41 bits per heavy atom. The van der Waals surface area contributed by atoms with Gasteiger partial charge in [-0.05, 0) is 23.8 Å². The molecule has 2 atom stereocenters. The zero-order chi connectivity index (χ0) is 12.5. The fraction of sp³-hybridized carbons (Fsp3) is 0.533. The van der Waals surface area contributed by atoms with E-state index in [-0.39, 0.29) is 23.4 Å². The Kier molecular flexibility index (Phi) is 3.23. The van der Waals surface area contributed by atoms with Crippen molar-refractivity contribution in [3.63, 3.8) is 0 Å². The van der Waals surface area contributed by atoms with Gasteiger partial charge in [0.1, 0.15) is 6.10 Å². The molecule has 1 heterocycles. The fourth-order valence-corrected chi connectivity index (χ4v) is 2.23. The number of carbonyl (C=O) groups excluding carboxylic acids is 1. The molecular formula is C15H20O2. The Morgan fingerprint density at radius 1 is 1.24 bits per heavy atom. The first-order valence-electron chi connectivity index (χ1n) is 6.21. The summed E-state index contributed by atoms with van der Waals surface area (Å²) in [4.78, 5) is 11.8. The molecule has 17 heavy (non-hydrogen) atoms. The summed E-state index contributed by atoms with van der Waals surface area (Å²) in [6, 6.07) is 10.2. The summed E-state index contributed by atoms with van der Waals surface area (Å²) in [6.07, 6.45) is 1.70. The van der Waals surface area contributed by atoms with Gasteiger partial charge in [0.25, 0.3) is 0 Å². The van der Waals surface area contributed by atoms with Crippen LogP contribution in [-0.2, 0) is 16.0 Å². The van der Waals surface area contributed by atoms with Gasteiger partial charge in [0, 0.05) is 0 Å². The quantitative estimate of drug-likeness (QED) is 0.732. The maximum Gasteiger partial charge on any atom is 0.309 e. The van der Waals surface area contributed by atoms with Crippen LogP contribution < -0.4 is 0 Å². The van der Waals surface area contributed by atoms with Gasteiger partial charge in [0.05, 0.1) is 5.92 Å². The van der Waals surface area contributed by atoms with E-state index in [9.17, 15) is 4.79 Å². The largest absolute Gasteiger partial charge is 0.462 e. The molecule has 92 valence electrons. The summed E-state index contributed by atoms with van der Waals surface area (Å²) in [5.41, 5.74) is 1.25. The smallest absolute Gasteiger partial charge is 0.309 e. The van der Waals surface area contributed by atoms with Crippen LogP contribution in [0, 0.1) is 11.3 Å². The molecule has 1 aromatic rings. The van der Waals surface area contributed by atoms with Gasteiger partial charge in [-0.15, -0.1) is 0 Å². The fourth-order valence-electron chi connectivity index (χ4n) is 2.23. The van der Waals surface area contributed by atoms with Gasteiger partial charge in [-0.3, -0.25) is 4.79 Å². The number of cyclic esters (lactones) is 1. The third kappa shape index (κ3) is 2.87. The van der Waals surface area contributed by atoms with Gasteiger partial charge in [-0.1, -0.05) is 51.1 Å². The number of esters is 1. The molecule has 1 aromatic carbocycles. The van der Waals surface area contributed by atoms with Gasteiger partial charge >= 0.3 is 5.97 Å². The van der Waals surface area contributed by atoms with Crippen molar-refractivity contribution in [2.24, 2.45) is 11.3 Å². The van der Waals surface area contributed by atoms with Crippen molar-refractivity contribution in [3.8, 4) is 0 Å². The lowest BCUT2D eigenvalue weighted by Gasteiger charge is -2.24. The van der Waals surface area contributed by atoms with Crippen LogP contribution in [0.15, 0.2) is 30.3 Å². The van der Waals surface area contributed by atoms with Crippen LogP contribution >= 0.6 is 0 Å². The second kappa shape index (κ2) is 4.52. The Bertz CT molecular complexity index is 389. The lowest BCUT2D eigenvalue weighted by molar-refractivity contribution is -0.147. The van der Waals surface area contributed by atoms with Gasteiger partial charge < -0.3 is 4.74 Å². The molecule has 0 aromatic heterocycles. The number of benzene rings is 1. The summed E-state index contributed by atoms with van der Waals surface area (Å²) in [6.45, 7) is 6.36. The average Bonchev–Trinajstić information content (AvgIpc) is 2.62. The van der Waals surface area contributed by atoms with Gasteiger partial charge in [0.2, 0.25) is 0 Å². The summed E-state index contributed by atoms with van der Waals surface area (Å²) >= 11 is 0. The summed E-state index contributed by atoms with van der Waals surface area (Å²) < 4.78 is 5.47. The zero-order valence-corrected chi connectivity index (χ0v) is 10.8. The molecule has 0 aliphatic carbocycles. The first kappa shape index (κ1) is 12.2. The molecule has 1 fully saturated rings. The molecule has 2 rings (SSSR count). The minimum Gasteiger partial charge on any atom is -0.462 e. The van der Waals surface area contributed by atoms with Crippen LogP contribution in [0.4, 0.5) is 0 Å². The minimum absolute atomic E-state index is 0.0293. The molecule has 2 heteroatoms. The van der Waals surface area contributed by atoms with Crippen molar-refractivity contribution in [2.75, 3.05) is 0 Å². The second-order valence-corrected chi connectivity index (χ2v) is 5.91. The molecular weight excluding hydrogens is 212 g/mol. The van der Waals surface area contributed by atoms with Crippen LogP contribution in [-0.4, -0.2) is 12.1 Å². The van der Waals surface area contributed by atoms with E-state index in [2.05, 4.69) is 32.9 Å². The molecule has 1 saturated heterocycles. The van der Waals surface area contributed by atoms with Crippen molar-refractivity contribution >= 4 is 5.97 Å². The maximum atomic E-state index is 11.8. The second-order valence-electron chi connectivity index (χ2n) is 5.91. The molecule has 1 aliphatic heterocycles. The predicted molar refractivity (Wildman–Crippen MR) is 67.6 cm³/mol. The van der Waals surface area contributed by atoms with Gasteiger partial charge in [-0.25, -0.2) is 0 Å². The van der Waals surface area contributed by atoms with Gasteiger partial charge in [0.15, 0.2) is 0 Å². The lowest BCUT2D eigenvalue weighted by atomic mass is 9.84. The Morgan fingerprint density at radius 2 is 1.88 bits per heavy atom. The summed E-state index contributed by atoms with van der Waals surface area (Å²) in [5.74, 6) is -0.00426. The normalized spacial score (nSPS) is 24.8. The zero-order valence-electron chi connectivity index (χ0n) is 10.8. The van der Waals surface area contributed by atoms with Crippen LogP contribution in [0.3, 0.4) is 0 Å². The number of ether oxygens (including phenoxy) is 1. The first-order chi connectivity index (χ1) is 7.97. The first-order valence-corrected chi connectivity index (χ1v) is 6.21. The maximum absolute atomic E-state index is 11.8. The van der Waals surface area contributed by atoms with Crippen LogP contribution in [0.5, 0.6) is 0 Å². The number of hydrogen-bond acceptors (Lipinski definition) is 2. The highest BCUT2D eigenvalue weighted by molar-refractivity contribution is 5.75. The van der Waals surface area contributed by atoms with E-state index < -0.39 is 0 Å². The molecule has 0 saturated carbocycles. The molecule has 1 aliphatic rings. The van der Waals surface area contributed by atoms with Gasteiger partial charge in [-0.2, -0.15) is 0 Å². The van der Waals surface area contributed by atoms with Crippen LogP contribution in [0.2, 0.25) is 0 Å². The Labute approximate surface area is 103 Å². The third-order valence-electron chi connectivity index (χ3n) is 3.38. The van der Waals surface area contributed by atoms with E-state index in [0.29, 0.717) is 0 Å². The SMILES string of the molecule is CC(C)(C)[C@H]1C[C@H](Cc2ccccc2)C(=O)O1. The predicted octanol–water partition coefficient (Wildman–Crippen LogP) is 3.21. The van der Waals surface area contributed by atoms with E-state index in [1.165, 1.54) is 5.56 Å². The molecule has 0 amide bonds. The standard InChI is InChI=1S/C15H20O2/c1-15(2,3)13-10-12(14(16)17-13)9-11-7-5-4-6-8-11/h4-8,12-13H,9-10H2,1-3H3/t12-,13+/m0/s1. The summed E-state index contributed by atoms with van der Waals surface area (Å²) in [5, 5.41) is 0. The molecule has 0 unspecified atom stereocenters. The van der Waals surface area contributed by atoms with E-state index in [1.54, 1.807) is 0 Å². The van der Waals surface area contributed by atoms with Crippen molar-refractivity contribution in [3.05, 3.63) is 35.9 Å². The van der Waals surface area contributed by atoms with Crippen molar-refractivity contribution in [1.29, 1.82) is 0 Å². The molecule has 0 spiro atoms. The lowest BCUT2D eigenvalue weighted by Crippen LogP contribution is -2.25. The Hall–Kier alpha value is -1.31. The van der Waals surface area contributed by atoms with E-state index in [0.717, 1.165) is 12.8 Å². The highest BCUT2D eigenvalue weighted by atomic mass is 16.6. The van der Waals surface area contributed by atoms with E-state index in [1.807, 2.05) is 18.2 Å². The molecule has 2 nitrogen and oxygen atoms in total. The summed E-state index contributed by atoms with van der Waals surface area (Å²) in [7, 11) is 0. The Balaban J connectivity index is 2.02. The monoisotopic (exact) mass is 232 g/mol. The van der Waals surface area contributed by atoms with Crippen molar-refractivity contribution in [2.45, 2.75) is 39.7 Å². The number of rotatable bonds is 2. The van der Waals surface area contributed by atoms with E-state index >= 15 is 0 Å². The number of carbonyl (C=O) groups is 1. The minimum atomic E-state index is -0.0335. The van der Waals surface area contributed by atoms with Crippen molar-refractivity contribution < 1.29 is 9.53 Å². The highest BCUT2D eigenvalue weighted by Crippen LogP contribution is 2.35. The topological polar surface area (TPSA) is 26.3 Å². The van der Waals surface area contributed by atoms with Crippen molar-refractivity contribution in [1.82, 2.24) is 0 Å². The average molecular weight is 232 g/mol. The van der Waals surface area contributed by atoms with E-state index in [4.69, 9.17) is 4.74 Å². The van der Waals surface area contributed by atoms with Crippen LogP contribution in [0.25, 0.3) is 0 Å². The molecule has 0 bridgehead atoms. The highest BCUT2D eigenvalue weighted by Gasteiger charge is 2.40. The molecule has 0 radical (unpaired) electrons.